The first-order valence-electron chi connectivity index (χ1n) is 11.0. The van der Waals surface area contributed by atoms with Crippen LogP contribution in [0.1, 0.15) is 42.6 Å². The van der Waals surface area contributed by atoms with Gasteiger partial charge in [0, 0.05) is 0 Å². The lowest BCUT2D eigenvalue weighted by Crippen LogP contribution is -2.25. The van der Waals surface area contributed by atoms with Gasteiger partial charge in [0.25, 0.3) is 5.56 Å². The van der Waals surface area contributed by atoms with Crippen molar-refractivity contribution in [1.29, 1.82) is 0 Å². The first-order chi connectivity index (χ1) is 15.8. The van der Waals surface area contributed by atoms with Gasteiger partial charge in [-0.15, -0.1) is 0 Å². The lowest BCUT2D eigenvalue weighted by atomic mass is 10.0. The lowest BCUT2D eigenvalue weighted by molar-refractivity contribution is 0.118. The van der Waals surface area contributed by atoms with E-state index < -0.39 is 6.10 Å². The number of halogens is 2. The molecule has 2 aromatic carbocycles. The maximum atomic E-state index is 13.3. The predicted molar refractivity (Wildman–Crippen MR) is 132 cm³/mol. The molecule has 6 nitrogen and oxygen atoms in total. The average molecular weight is 485 g/mol. The molecule has 2 aromatic heterocycles. The number of fused-ring (bicyclic) bond motifs is 1. The van der Waals surface area contributed by atoms with E-state index >= 15 is 0 Å². The Morgan fingerprint density at radius 1 is 1.06 bits per heavy atom. The van der Waals surface area contributed by atoms with Crippen LogP contribution in [0.3, 0.4) is 0 Å². The Hall–Kier alpha value is -2.67. The van der Waals surface area contributed by atoms with Crippen molar-refractivity contribution in [1.82, 2.24) is 19.3 Å². The van der Waals surface area contributed by atoms with Crippen LogP contribution >= 0.6 is 23.2 Å². The number of hydrogen-bond acceptors (Lipinski definition) is 4. The molecule has 0 aliphatic heterocycles. The summed E-state index contributed by atoms with van der Waals surface area (Å²) in [5.74, 6) is 0. The van der Waals surface area contributed by atoms with Crippen LogP contribution in [-0.4, -0.2) is 30.5 Å². The third-order valence-electron chi connectivity index (χ3n) is 5.87. The highest BCUT2D eigenvalue weighted by Crippen LogP contribution is 2.25. The van der Waals surface area contributed by atoms with Gasteiger partial charge in [-0.1, -0.05) is 59.6 Å². The van der Waals surface area contributed by atoms with Crippen LogP contribution in [0, 0.1) is 6.92 Å². The van der Waals surface area contributed by atoms with E-state index in [1.165, 1.54) is 16.5 Å². The van der Waals surface area contributed by atoms with Crippen molar-refractivity contribution < 1.29 is 5.11 Å². The van der Waals surface area contributed by atoms with Crippen LogP contribution in [-0.2, 0) is 13.0 Å². The van der Waals surface area contributed by atoms with Gasteiger partial charge in [-0.05, 0) is 56.4 Å². The standard InChI is InChI=1S/C25H26Cl2N4O2/c1-16-23-24(28-15-30(25(23)33)14-19-11-12-20(26)21(27)13-19)31(29-16)22(17(2)32)10-6-9-18-7-4-3-5-8-18/h3-5,7-8,11-13,15,17,22,32H,6,9-10,14H2,1-2H3. The Morgan fingerprint density at radius 2 is 1.82 bits per heavy atom. The zero-order valence-electron chi connectivity index (χ0n) is 18.6. The largest absolute Gasteiger partial charge is 0.391 e. The third kappa shape index (κ3) is 5.13. The van der Waals surface area contributed by atoms with Crippen LogP contribution in [0.5, 0.6) is 0 Å². The van der Waals surface area contributed by atoms with Crippen molar-refractivity contribution in [3.8, 4) is 0 Å². The van der Waals surface area contributed by atoms with Crippen LogP contribution < -0.4 is 5.56 Å². The van der Waals surface area contributed by atoms with Gasteiger partial charge in [-0.2, -0.15) is 5.10 Å². The molecular formula is C25H26Cl2N4O2. The molecule has 0 amide bonds. The minimum atomic E-state index is -0.635. The van der Waals surface area contributed by atoms with E-state index in [1.807, 2.05) is 24.3 Å². The summed E-state index contributed by atoms with van der Waals surface area (Å²) < 4.78 is 3.25. The summed E-state index contributed by atoms with van der Waals surface area (Å²) in [4.78, 5) is 17.8. The summed E-state index contributed by atoms with van der Waals surface area (Å²) in [6, 6.07) is 15.3. The first kappa shape index (κ1) is 23.5. The molecule has 0 saturated carbocycles. The van der Waals surface area contributed by atoms with E-state index in [4.69, 9.17) is 23.2 Å². The zero-order chi connectivity index (χ0) is 23.5. The molecule has 0 saturated heterocycles. The van der Waals surface area contributed by atoms with Gasteiger partial charge in [0.2, 0.25) is 0 Å². The summed E-state index contributed by atoms with van der Waals surface area (Å²) in [6.45, 7) is 3.87. The van der Waals surface area contributed by atoms with Crippen molar-refractivity contribution >= 4 is 34.2 Å². The van der Waals surface area contributed by atoms with Gasteiger partial charge < -0.3 is 5.11 Å². The molecule has 1 N–H and O–H groups in total. The minimum absolute atomic E-state index is 0.177. The van der Waals surface area contributed by atoms with Crippen molar-refractivity contribution in [2.45, 2.75) is 51.8 Å². The van der Waals surface area contributed by atoms with Gasteiger partial charge in [-0.25, -0.2) is 9.67 Å². The topological polar surface area (TPSA) is 72.9 Å². The fourth-order valence-electron chi connectivity index (χ4n) is 4.14. The predicted octanol–water partition coefficient (Wildman–Crippen LogP) is 5.20. The number of rotatable bonds is 8. The number of benzene rings is 2. The van der Waals surface area contributed by atoms with Gasteiger partial charge in [0.1, 0.15) is 11.7 Å². The fourth-order valence-corrected chi connectivity index (χ4v) is 4.46. The summed E-state index contributed by atoms with van der Waals surface area (Å²) >= 11 is 12.1. The minimum Gasteiger partial charge on any atom is -0.391 e. The second-order valence-corrected chi connectivity index (χ2v) is 9.15. The molecule has 2 heterocycles. The molecule has 8 heteroatoms. The monoisotopic (exact) mass is 484 g/mol. The molecule has 172 valence electrons. The normalized spacial score (nSPS) is 13.4. The molecule has 2 unspecified atom stereocenters. The Bertz CT molecular complexity index is 1320. The molecule has 0 aliphatic rings. The number of aromatic nitrogens is 4. The van der Waals surface area contributed by atoms with E-state index in [0.717, 1.165) is 24.8 Å². The van der Waals surface area contributed by atoms with Gasteiger partial charge >= 0.3 is 0 Å². The quantitative estimate of drug-likeness (QED) is 0.372. The Kier molecular flexibility index (Phi) is 7.17. The Morgan fingerprint density at radius 3 is 2.52 bits per heavy atom. The van der Waals surface area contributed by atoms with E-state index in [1.54, 1.807) is 30.7 Å². The zero-order valence-corrected chi connectivity index (χ0v) is 20.1. The number of aliphatic hydroxyl groups excluding tert-OH is 1. The molecule has 0 radical (unpaired) electrons. The highest BCUT2D eigenvalue weighted by molar-refractivity contribution is 6.42. The van der Waals surface area contributed by atoms with Gasteiger partial charge in [0.15, 0.2) is 5.65 Å². The van der Waals surface area contributed by atoms with Crippen LogP contribution in [0.25, 0.3) is 11.0 Å². The number of aliphatic hydroxyl groups is 1. The second kappa shape index (κ2) is 10.1. The second-order valence-electron chi connectivity index (χ2n) is 8.34. The maximum absolute atomic E-state index is 13.3. The van der Waals surface area contributed by atoms with E-state index in [2.05, 4.69) is 22.2 Å². The summed E-state index contributed by atoms with van der Waals surface area (Å²) in [5.41, 5.74) is 3.02. The fraction of sp³-hybridized carbons (Fsp3) is 0.320. The van der Waals surface area contributed by atoms with Crippen molar-refractivity contribution in [2.75, 3.05) is 0 Å². The molecule has 0 fully saturated rings. The molecule has 33 heavy (non-hydrogen) atoms. The van der Waals surface area contributed by atoms with Crippen LogP contribution in [0.15, 0.2) is 59.7 Å². The maximum Gasteiger partial charge on any atom is 0.265 e. The molecular weight excluding hydrogens is 459 g/mol. The summed E-state index contributed by atoms with van der Waals surface area (Å²) in [7, 11) is 0. The molecule has 0 spiro atoms. The highest BCUT2D eigenvalue weighted by Gasteiger charge is 2.24. The van der Waals surface area contributed by atoms with Crippen molar-refractivity contribution in [3.63, 3.8) is 0 Å². The SMILES string of the molecule is Cc1nn(C(CCCc2ccccc2)C(C)O)c2ncn(Cc3ccc(Cl)c(Cl)c3)c(=O)c12. The van der Waals surface area contributed by atoms with Gasteiger partial charge in [0.05, 0.1) is 34.4 Å². The number of aryl methyl sites for hydroxylation is 2. The molecule has 0 aliphatic carbocycles. The smallest absolute Gasteiger partial charge is 0.265 e. The van der Waals surface area contributed by atoms with Crippen LogP contribution in [0.4, 0.5) is 0 Å². The molecule has 0 bridgehead atoms. The summed E-state index contributed by atoms with van der Waals surface area (Å²) in [5, 5.41) is 16.5. The molecule has 4 aromatic rings. The average Bonchev–Trinajstić information content (AvgIpc) is 3.12. The third-order valence-corrected chi connectivity index (χ3v) is 6.61. The van der Waals surface area contributed by atoms with E-state index in [0.29, 0.717) is 33.3 Å². The number of nitrogens with zero attached hydrogens (tertiary/aromatic N) is 4. The molecule has 2 atom stereocenters. The molecule has 4 rings (SSSR count). The highest BCUT2D eigenvalue weighted by atomic mass is 35.5. The Balaban J connectivity index is 1.61. The van der Waals surface area contributed by atoms with Gasteiger partial charge in [-0.3, -0.25) is 9.36 Å². The lowest BCUT2D eigenvalue weighted by Gasteiger charge is -2.21. The van der Waals surface area contributed by atoms with E-state index in [9.17, 15) is 9.90 Å². The van der Waals surface area contributed by atoms with E-state index in [-0.39, 0.29) is 11.6 Å². The van der Waals surface area contributed by atoms with Crippen LogP contribution in [0.2, 0.25) is 10.0 Å². The Labute approximate surface area is 202 Å². The summed E-state index contributed by atoms with van der Waals surface area (Å²) in [6.07, 6.45) is 3.40. The van der Waals surface area contributed by atoms with Crippen molar-refractivity contribution in [2.24, 2.45) is 0 Å². The van der Waals surface area contributed by atoms with Crippen molar-refractivity contribution in [3.05, 3.63) is 92.1 Å². The first-order valence-corrected chi connectivity index (χ1v) is 11.7. The number of hydrogen-bond donors (Lipinski definition) is 1.